The van der Waals surface area contributed by atoms with Gasteiger partial charge in [-0.25, -0.2) is 0 Å². The van der Waals surface area contributed by atoms with E-state index < -0.39 is 5.97 Å². The second-order valence-electron chi connectivity index (χ2n) is 6.03. The first-order valence-electron chi connectivity index (χ1n) is 8.12. The van der Waals surface area contributed by atoms with Gasteiger partial charge in [-0.15, -0.1) is 0 Å². The van der Waals surface area contributed by atoms with E-state index in [1.807, 2.05) is 25.7 Å². The molecule has 2 N–H and O–H groups in total. The molecule has 0 aromatic rings. The zero-order chi connectivity index (χ0) is 16.3. The van der Waals surface area contributed by atoms with Crippen LogP contribution in [0.4, 0.5) is 0 Å². The molecule has 0 spiro atoms. The minimum absolute atomic E-state index is 0.0306. The van der Waals surface area contributed by atoms with Crippen LogP contribution in [0.2, 0.25) is 0 Å². The van der Waals surface area contributed by atoms with Crippen LogP contribution in [0.15, 0.2) is 0 Å². The van der Waals surface area contributed by atoms with Crippen LogP contribution in [-0.4, -0.2) is 47.1 Å². The standard InChI is InChI=1S/C16H32N2O3/c1-5-6-7-9-14(4)17-15(19)12-18(13(2)3)11-8-10-16(20)21/h13-14H,5-12H2,1-4H3,(H,17,19)(H,20,21). The Morgan fingerprint density at radius 2 is 1.81 bits per heavy atom. The summed E-state index contributed by atoms with van der Waals surface area (Å²) in [5.41, 5.74) is 0. The second kappa shape index (κ2) is 11.5. The Bertz CT molecular complexity index is 306. The summed E-state index contributed by atoms with van der Waals surface area (Å²) in [6, 6.07) is 0.442. The molecule has 0 bridgehead atoms. The van der Waals surface area contributed by atoms with E-state index in [0.717, 1.165) is 12.8 Å². The van der Waals surface area contributed by atoms with E-state index in [2.05, 4.69) is 12.2 Å². The Morgan fingerprint density at radius 3 is 2.33 bits per heavy atom. The average molecular weight is 300 g/mol. The number of hydrogen-bond acceptors (Lipinski definition) is 3. The Kier molecular flexibility index (Phi) is 10.9. The quantitative estimate of drug-likeness (QED) is 0.544. The fourth-order valence-corrected chi connectivity index (χ4v) is 2.23. The molecule has 0 aliphatic heterocycles. The number of rotatable bonds is 12. The normalized spacial score (nSPS) is 12.7. The van der Waals surface area contributed by atoms with E-state index in [-0.39, 0.29) is 24.4 Å². The van der Waals surface area contributed by atoms with Crippen LogP contribution in [0.5, 0.6) is 0 Å². The summed E-state index contributed by atoms with van der Waals surface area (Å²) in [5, 5.41) is 11.7. The van der Waals surface area contributed by atoms with Crippen LogP contribution < -0.4 is 5.32 Å². The third-order valence-electron chi connectivity index (χ3n) is 3.56. The highest BCUT2D eigenvalue weighted by Crippen LogP contribution is 2.04. The largest absolute Gasteiger partial charge is 0.481 e. The van der Waals surface area contributed by atoms with E-state index in [1.54, 1.807) is 0 Å². The molecule has 5 heteroatoms. The Balaban J connectivity index is 4.07. The molecule has 124 valence electrons. The molecule has 0 fully saturated rings. The van der Waals surface area contributed by atoms with Crippen molar-refractivity contribution >= 4 is 11.9 Å². The minimum atomic E-state index is -0.785. The summed E-state index contributed by atoms with van der Waals surface area (Å²) < 4.78 is 0. The van der Waals surface area contributed by atoms with E-state index >= 15 is 0 Å². The second-order valence-corrected chi connectivity index (χ2v) is 6.03. The molecule has 1 unspecified atom stereocenters. The van der Waals surface area contributed by atoms with Crippen molar-refractivity contribution in [2.45, 2.75) is 78.3 Å². The number of carbonyl (C=O) groups excluding carboxylic acids is 1. The van der Waals surface area contributed by atoms with Crippen molar-refractivity contribution in [3.63, 3.8) is 0 Å². The zero-order valence-electron chi connectivity index (χ0n) is 14.0. The van der Waals surface area contributed by atoms with Gasteiger partial charge in [0.15, 0.2) is 0 Å². The highest BCUT2D eigenvalue weighted by atomic mass is 16.4. The minimum Gasteiger partial charge on any atom is -0.481 e. The molecule has 1 atom stereocenters. The molecule has 21 heavy (non-hydrogen) atoms. The van der Waals surface area contributed by atoms with Gasteiger partial charge in [0.1, 0.15) is 0 Å². The van der Waals surface area contributed by atoms with Crippen LogP contribution in [0.1, 0.15) is 66.2 Å². The predicted octanol–water partition coefficient (Wildman–Crippen LogP) is 2.65. The monoisotopic (exact) mass is 300 g/mol. The van der Waals surface area contributed by atoms with Gasteiger partial charge >= 0.3 is 5.97 Å². The number of aliphatic carboxylic acids is 1. The van der Waals surface area contributed by atoms with Crippen LogP contribution in [0.3, 0.4) is 0 Å². The summed E-state index contributed by atoms with van der Waals surface area (Å²) >= 11 is 0. The number of nitrogens with one attached hydrogen (secondary N) is 1. The third-order valence-corrected chi connectivity index (χ3v) is 3.56. The van der Waals surface area contributed by atoms with Crippen LogP contribution >= 0.6 is 0 Å². The highest BCUT2D eigenvalue weighted by molar-refractivity contribution is 5.78. The van der Waals surface area contributed by atoms with Crippen molar-refractivity contribution in [1.82, 2.24) is 10.2 Å². The average Bonchev–Trinajstić information content (AvgIpc) is 2.37. The summed E-state index contributed by atoms with van der Waals surface area (Å²) in [6.07, 6.45) is 5.27. The Labute approximate surface area is 129 Å². The van der Waals surface area contributed by atoms with Crippen LogP contribution in [0, 0.1) is 0 Å². The molecule has 0 heterocycles. The number of carboxylic acids is 1. The molecule has 0 aliphatic rings. The fraction of sp³-hybridized carbons (Fsp3) is 0.875. The van der Waals surface area contributed by atoms with E-state index in [4.69, 9.17) is 5.11 Å². The molecule has 0 rings (SSSR count). The van der Waals surface area contributed by atoms with Gasteiger partial charge in [-0.1, -0.05) is 26.2 Å². The van der Waals surface area contributed by atoms with Crippen molar-refractivity contribution in [2.24, 2.45) is 0 Å². The number of carboxylic acid groups (broad SMARTS) is 1. The first-order chi connectivity index (χ1) is 9.86. The molecule has 0 aromatic carbocycles. The van der Waals surface area contributed by atoms with Gasteiger partial charge in [0.05, 0.1) is 6.54 Å². The lowest BCUT2D eigenvalue weighted by Crippen LogP contribution is -2.44. The van der Waals surface area contributed by atoms with E-state index in [0.29, 0.717) is 19.5 Å². The molecule has 0 saturated heterocycles. The van der Waals surface area contributed by atoms with Gasteiger partial charge in [-0.05, 0) is 40.2 Å². The van der Waals surface area contributed by atoms with Crippen molar-refractivity contribution in [1.29, 1.82) is 0 Å². The number of amides is 1. The highest BCUT2D eigenvalue weighted by Gasteiger charge is 2.15. The zero-order valence-corrected chi connectivity index (χ0v) is 14.0. The number of nitrogens with zero attached hydrogens (tertiary/aromatic N) is 1. The lowest BCUT2D eigenvalue weighted by molar-refractivity contribution is -0.137. The SMILES string of the molecule is CCCCCC(C)NC(=O)CN(CCCC(=O)O)C(C)C. The lowest BCUT2D eigenvalue weighted by atomic mass is 10.1. The van der Waals surface area contributed by atoms with Gasteiger partial charge in [-0.2, -0.15) is 0 Å². The summed E-state index contributed by atoms with van der Waals surface area (Å²) in [7, 11) is 0. The Hall–Kier alpha value is -1.10. The Morgan fingerprint density at radius 1 is 1.14 bits per heavy atom. The van der Waals surface area contributed by atoms with Crippen molar-refractivity contribution in [3.8, 4) is 0 Å². The number of unbranched alkanes of at least 4 members (excludes halogenated alkanes) is 2. The first-order valence-corrected chi connectivity index (χ1v) is 8.12. The smallest absolute Gasteiger partial charge is 0.303 e. The maximum absolute atomic E-state index is 12.0. The van der Waals surface area contributed by atoms with Gasteiger partial charge < -0.3 is 10.4 Å². The molecule has 0 aliphatic carbocycles. The maximum atomic E-state index is 12.0. The molecule has 0 saturated carbocycles. The van der Waals surface area contributed by atoms with Crippen molar-refractivity contribution < 1.29 is 14.7 Å². The van der Waals surface area contributed by atoms with Crippen molar-refractivity contribution in [2.75, 3.05) is 13.1 Å². The number of carbonyl (C=O) groups is 2. The van der Waals surface area contributed by atoms with Gasteiger partial charge in [0.2, 0.25) is 5.91 Å². The summed E-state index contributed by atoms with van der Waals surface area (Å²) in [6.45, 7) is 9.24. The van der Waals surface area contributed by atoms with Crippen molar-refractivity contribution in [3.05, 3.63) is 0 Å². The third kappa shape index (κ3) is 11.3. The molecule has 0 aromatic heterocycles. The summed E-state index contributed by atoms with van der Waals surface area (Å²) in [5.74, 6) is -0.754. The summed E-state index contributed by atoms with van der Waals surface area (Å²) in [4.78, 5) is 24.6. The maximum Gasteiger partial charge on any atom is 0.303 e. The fourth-order valence-electron chi connectivity index (χ4n) is 2.23. The van der Waals surface area contributed by atoms with Gasteiger partial charge in [-0.3, -0.25) is 14.5 Å². The predicted molar refractivity (Wildman–Crippen MR) is 85.3 cm³/mol. The van der Waals surface area contributed by atoms with Crippen LogP contribution in [-0.2, 0) is 9.59 Å². The van der Waals surface area contributed by atoms with Gasteiger partial charge in [0.25, 0.3) is 0 Å². The van der Waals surface area contributed by atoms with Gasteiger partial charge in [0, 0.05) is 18.5 Å². The molecule has 1 amide bonds. The van der Waals surface area contributed by atoms with E-state index in [9.17, 15) is 9.59 Å². The molecular formula is C16H32N2O3. The first kappa shape index (κ1) is 19.9. The molecular weight excluding hydrogens is 268 g/mol. The van der Waals surface area contributed by atoms with E-state index in [1.165, 1.54) is 12.8 Å². The van der Waals surface area contributed by atoms with Crippen LogP contribution in [0.25, 0.3) is 0 Å². The molecule has 0 radical (unpaired) electrons. The lowest BCUT2D eigenvalue weighted by Gasteiger charge is -2.26. The number of hydrogen-bond donors (Lipinski definition) is 2. The topological polar surface area (TPSA) is 69.6 Å². The molecule has 5 nitrogen and oxygen atoms in total.